The van der Waals surface area contributed by atoms with Crippen LogP contribution in [0, 0.1) is 0 Å². The summed E-state index contributed by atoms with van der Waals surface area (Å²) < 4.78 is 0. The quantitative estimate of drug-likeness (QED) is 0.773. The Morgan fingerprint density at radius 2 is 1.80 bits per heavy atom. The third-order valence-corrected chi connectivity index (χ3v) is 2.39. The third-order valence-electron chi connectivity index (χ3n) is 2.08. The van der Waals surface area contributed by atoms with Crippen molar-refractivity contribution in [2.24, 2.45) is 0 Å². The molecular formula is C11H8ClNO2. The van der Waals surface area contributed by atoms with Crippen molar-refractivity contribution in [3.05, 3.63) is 41.4 Å². The number of halogens is 1. The summed E-state index contributed by atoms with van der Waals surface area (Å²) in [5.41, 5.74) is 0.405. The smallest absolute Gasteiger partial charge is 0.409 e. The first-order chi connectivity index (χ1) is 7.16. The van der Waals surface area contributed by atoms with Crippen LogP contribution in [0.15, 0.2) is 36.4 Å². The maximum Gasteiger partial charge on any atom is 0.409 e. The minimum atomic E-state index is -1.12. The molecule has 1 amide bonds. The van der Waals surface area contributed by atoms with E-state index in [0.29, 0.717) is 10.7 Å². The lowest BCUT2D eigenvalue weighted by molar-refractivity contribution is 0.210. The standard InChI is InChI=1S/C11H8ClNO2/c12-9-5-7-3-1-2-4-8(7)6-10(9)13-11(14)15/h1-6,13H,(H,14,15). The van der Waals surface area contributed by atoms with Crippen LogP contribution in [0.2, 0.25) is 5.02 Å². The number of hydrogen-bond acceptors (Lipinski definition) is 1. The lowest BCUT2D eigenvalue weighted by Gasteiger charge is -2.05. The van der Waals surface area contributed by atoms with Crippen LogP contribution in [0.25, 0.3) is 10.8 Å². The van der Waals surface area contributed by atoms with E-state index in [1.54, 1.807) is 12.1 Å². The third kappa shape index (κ3) is 2.02. The van der Waals surface area contributed by atoms with Gasteiger partial charge in [-0.15, -0.1) is 0 Å². The second kappa shape index (κ2) is 3.79. The summed E-state index contributed by atoms with van der Waals surface area (Å²) in [6, 6.07) is 11.1. The predicted octanol–water partition coefficient (Wildman–Crippen LogP) is 3.58. The van der Waals surface area contributed by atoms with Gasteiger partial charge in [-0.3, -0.25) is 5.32 Å². The number of nitrogens with one attached hydrogen (secondary N) is 1. The number of rotatable bonds is 1. The van der Waals surface area contributed by atoms with Crippen molar-refractivity contribution in [3.8, 4) is 0 Å². The van der Waals surface area contributed by atoms with Gasteiger partial charge in [0.05, 0.1) is 10.7 Å². The molecule has 2 aromatic carbocycles. The zero-order valence-corrected chi connectivity index (χ0v) is 8.45. The Hall–Kier alpha value is -1.74. The summed E-state index contributed by atoms with van der Waals surface area (Å²) in [6.07, 6.45) is -1.12. The molecule has 0 saturated carbocycles. The number of carbonyl (C=O) groups is 1. The number of fused-ring (bicyclic) bond motifs is 1. The molecule has 0 saturated heterocycles. The summed E-state index contributed by atoms with van der Waals surface area (Å²) in [5.74, 6) is 0. The van der Waals surface area contributed by atoms with Crippen LogP contribution in [0.4, 0.5) is 10.5 Å². The summed E-state index contributed by atoms with van der Waals surface area (Å²) >= 11 is 5.92. The van der Waals surface area contributed by atoms with E-state index in [1.807, 2.05) is 24.3 Å². The molecule has 0 bridgehead atoms. The van der Waals surface area contributed by atoms with Crippen LogP contribution >= 0.6 is 11.6 Å². The molecule has 76 valence electrons. The van der Waals surface area contributed by atoms with Crippen molar-refractivity contribution in [2.45, 2.75) is 0 Å². The Morgan fingerprint density at radius 3 is 2.40 bits per heavy atom. The maximum atomic E-state index is 10.5. The Bertz CT molecular complexity index is 525. The molecule has 2 N–H and O–H groups in total. The van der Waals surface area contributed by atoms with Gasteiger partial charge in [0, 0.05) is 0 Å². The fourth-order valence-corrected chi connectivity index (χ4v) is 1.64. The highest BCUT2D eigenvalue weighted by atomic mass is 35.5. The van der Waals surface area contributed by atoms with Gasteiger partial charge in [-0.2, -0.15) is 0 Å². The monoisotopic (exact) mass is 221 g/mol. The predicted molar refractivity (Wildman–Crippen MR) is 60.6 cm³/mol. The molecule has 0 heterocycles. The van der Waals surface area contributed by atoms with Gasteiger partial charge in [0.15, 0.2) is 0 Å². The Morgan fingerprint density at radius 1 is 1.20 bits per heavy atom. The Kier molecular flexibility index (Phi) is 2.47. The minimum absolute atomic E-state index is 0.399. The van der Waals surface area contributed by atoms with E-state index in [9.17, 15) is 4.79 Å². The fourth-order valence-electron chi connectivity index (χ4n) is 1.42. The highest BCUT2D eigenvalue weighted by Gasteiger charge is 2.05. The topological polar surface area (TPSA) is 49.3 Å². The molecule has 4 heteroatoms. The van der Waals surface area contributed by atoms with Gasteiger partial charge in [-0.05, 0) is 22.9 Å². The van der Waals surface area contributed by atoms with Gasteiger partial charge in [0.25, 0.3) is 0 Å². The second-order valence-corrected chi connectivity index (χ2v) is 3.52. The van der Waals surface area contributed by atoms with Crippen molar-refractivity contribution in [1.29, 1.82) is 0 Å². The molecule has 2 rings (SSSR count). The van der Waals surface area contributed by atoms with E-state index in [2.05, 4.69) is 5.32 Å². The van der Waals surface area contributed by atoms with E-state index in [1.165, 1.54) is 0 Å². The summed E-state index contributed by atoms with van der Waals surface area (Å²) in [4.78, 5) is 10.5. The van der Waals surface area contributed by atoms with Crippen molar-refractivity contribution in [2.75, 3.05) is 5.32 Å². The highest BCUT2D eigenvalue weighted by molar-refractivity contribution is 6.34. The van der Waals surface area contributed by atoms with Crippen molar-refractivity contribution < 1.29 is 9.90 Å². The molecule has 0 aromatic heterocycles. The minimum Gasteiger partial charge on any atom is -0.465 e. The molecule has 15 heavy (non-hydrogen) atoms. The van der Waals surface area contributed by atoms with Gasteiger partial charge in [0.1, 0.15) is 0 Å². The Labute approximate surface area is 91.3 Å². The number of benzene rings is 2. The average Bonchev–Trinajstić information content (AvgIpc) is 2.18. The van der Waals surface area contributed by atoms with Crippen LogP contribution in [-0.4, -0.2) is 11.2 Å². The van der Waals surface area contributed by atoms with Gasteiger partial charge >= 0.3 is 6.09 Å². The first kappa shape index (κ1) is 9.80. The zero-order valence-electron chi connectivity index (χ0n) is 7.70. The molecule has 0 spiro atoms. The first-order valence-electron chi connectivity index (χ1n) is 4.35. The van der Waals surface area contributed by atoms with E-state index < -0.39 is 6.09 Å². The molecule has 0 aliphatic rings. The van der Waals surface area contributed by atoms with E-state index in [0.717, 1.165) is 10.8 Å². The molecule has 0 radical (unpaired) electrons. The largest absolute Gasteiger partial charge is 0.465 e. The van der Waals surface area contributed by atoms with Crippen molar-refractivity contribution in [3.63, 3.8) is 0 Å². The van der Waals surface area contributed by atoms with E-state index >= 15 is 0 Å². The first-order valence-corrected chi connectivity index (χ1v) is 4.73. The van der Waals surface area contributed by atoms with Gasteiger partial charge < -0.3 is 5.11 Å². The van der Waals surface area contributed by atoms with Crippen molar-refractivity contribution >= 4 is 34.2 Å². The highest BCUT2D eigenvalue weighted by Crippen LogP contribution is 2.27. The van der Waals surface area contributed by atoms with Crippen LogP contribution in [0.3, 0.4) is 0 Å². The lowest BCUT2D eigenvalue weighted by Crippen LogP contribution is -2.07. The SMILES string of the molecule is O=C(O)Nc1cc2ccccc2cc1Cl. The van der Waals surface area contributed by atoms with Crippen LogP contribution in [0.1, 0.15) is 0 Å². The second-order valence-electron chi connectivity index (χ2n) is 3.11. The normalized spacial score (nSPS) is 10.2. The number of amides is 1. The summed E-state index contributed by atoms with van der Waals surface area (Å²) in [6.45, 7) is 0. The molecule has 0 aliphatic heterocycles. The summed E-state index contributed by atoms with van der Waals surface area (Å²) in [5, 5.41) is 13.2. The molecule has 0 unspecified atom stereocenters. The molecular weight excluding hydrogens is 214 g/mol. The fraction of sp³-hybridized carbons (Fsp3) is 0. The van der Waals surface area contributed by atoms with E-state index in [4.69, 9.17) is 16.7 Å². The van der Waals surface area contributed by atoms with Gasteiger partial charge in [-0.25, -0.2) is 4.79 Å². The van der Waals surface area contributed by atoms with Crippen LogP contribution in [-0.2, 0) is 0 Å². The van der Waals surface area contributed by atoms with Crippen molar-refractivity contribution in [1.82, 2.24) is 0 Å². The summed E-state index contributed by atoms with van der Waals surface area (Å²) in [7, 11) is 0. The number of carboxylic acid groups (broad SMARTS) is 1. The lowest BCUT2D eigenvalue weighted by atomic mass is 10.1. The average molecular weight is 222 g/mol. The van der Waals surface area contributed by atoms with Gasteiger partial charge in [-0.1, -0.05) is 35.9 Å². The molecule has 3 nitrogen and oxygen atoms in total. The zero-order chi connectivity index (χ0) is 10.8. The van der Waals surface area contributed by atoms with Gasteiger partial charge in [0.2, 0.25) is 0 Å². The molecule has 2 aromatic rings. The number of hydrogen-bond donors (Lipinski definition) is 2. The Balaban J connectivity index is 2.56. The molecule has 0 atom stereocenters. The maximum absolute atomic E-state index is 10.5. The number of anilines is 1. The molecule has 0 fully saturated rings. The molecule has 0 aliphatic carbocycles. The van der Waals surface area contributed by atoms with E-state index in [-0.39, 0.29) is 0 Å². The van der Waals surface area contributed by atoms with Crippen LogP contribution < -0.4 is 5.32 Å². The van der Waals surface area contributed by atoms with Crippen LogP contribution in [0.5, 0.6) is 0 Å².